The van der Waals surface area contributed by atoms with Crippen molar-refractivity contribution in [2.75, 3.05) is 0 Å². The second-order valence-electron chi connectivity index (χ2n) is 6.41. The molecule has 0 aliphatic carbocycles. The minimum absolute atomic E-state index is 0.141. The fraction of sp³-hybridized carbons (Fsp3) is 0.263. The van der Waals surface area contributed by atoms with Crippen molar-refractivity contribution in [2.45, 2.75) is 26.8 Å². The molecule has 2 aromatic rings. The molecule has 0 unspecified atom stereocenters. The molecule has 7 heteroatoms. The van der Waals surface area contributed by atoms with Crippen molar-refractivity contribution in [1.82, 2.24) is 14.5 Å². The van der Waals surface area contributed by atoms with E-state index in [0.717, 1.165) is 17.8 Å². The molecule has 0 fully saturated rings. The summed E-state index contributed by atoms with van der Waals surface area (Å²) in [4.78, 5) is 0.313. The zero-order valence-corrected chi connectivity index (χ0v) is 17.7. The van der Waals surface area contributed by atoms with Gasteiger partial charge >= 0.3 is 0 Å². The van der Waals surface area contributed by atoms with Crippen LogP contribution in [0.15, 0.2) is 57.5 Å². The summed E-state index contributed by atoms with van der Waals surface area (Å²) in [6.45, 7) is 4.49. The van der Waals surface area contributed by atoms with Crippen molar-refractivity contribution < 1.29 is 8.42 Å². The summed E-state index contributed by atoms with van der Waals surface area (Å²) in [5.41, 5.74) is 2.77. The Morgan fingerprint density at radius 2 is 2.00 bits per heavy atom. The minimum atomic E-state index is -3.51. The van der Waals surface area contributed by atoms with Gasteiger partial charge in [0.1, 0.15) is 0 Å². The highest BCUT2D eigenvalue weighted by molar-refractivity contribution is 14.2. The van der Waals surface area contributed by atoms with Gasteiger partial charge in [-0.2, -0.15) is 5.10 Å². The standard InChI is InChI=1S/C19H22IN3O2S/c1-15(2)12-18-13-16(22-23(18)17-6-4-3-5-7-17)14-21-26(24,25)19-8-10-20-11-9-19/h3-11,13,15,21H,12,14H2,1-2H3. The van der Waals surface area contributed by atoms with Crippen LogP contribution in [0.2, 0.25) is 0 Å². The molecule has 138 valence electrons. The van der Waals surface area contributed by atoms with E-state index in [1.807, 2.05) is 49.2 Å². The number of allylic oxidation sites excluding steroid dienone is 2. The first-order valence-electron chi connectivity index (χ1n) is 8.40. The average molecular weight is 483 g/mol. The van der Waals surface area contributed by atoms with Crippen molar-refractivity contribution >= 4 is 34.8 Å². The Labute approximate surface area is 164 Å². The highest BCUT2D eigenvalue weighted by Crippen LogP contribution is 2.18. The number of sulfonamides is 1. The summed E-state index contributed by atoms with van der Waals surface area (Å²) >= 11 is -0.141. The van der Waals surface area contributed by atoms with Gasteiger partial charge in [0.15, 0.2) is 0 Å². The third-order valence-corrected chi connectivity index (χ3v) is 6.77. The fourth-order valence-electron chi connectivity index (χ4n) is 2.64. The number of hydrogen-bond donors (Lipinski definition) is 1. The molecule has 0 bridgehead atoms. The van der Waals surface area contributed by atoms with Gasteiger partial charge in [0, 0.05) is 5.69 Å². The van der Waals surface area contributed by atoms with E-state index >= 15 is 0 Å². The first-order chi connectivity index (χ1) is 12.5. The van der Waals surface area contributed by atoms with Crippen molar-refractivity contribution in [3.8, 4) is 5.69 Å². The van der Waals surface area contributed by atoms with E-state index in [1.165, 1.54) is 0 Å². The number of nitrogens with zero attached hydrogens (tertiary/aromatic N) is 2. The summed E-state index contributed by atoms with van der Waals surface area (Å²) in [6.07, 6.45) is 4.24. The predicted molar refractivity (Wildman–Crippen MR) is 115 cm³/mol. The van der Waals surface area contributed by atoms with Gasteiger partial charge in [-0.3, -0.25) is 0 Å². The summed E-state index contributed by atoms with van der Waals surface area (Å²) < 4.78 is 33.3. The number of nitrogens with one attached hydrogen (secondary N) is 1. The lowest BCUT2D eigenvalue weighted by Crippen LogP contribution is -2.24. The first-order valence-corrected chi connectivity index (χ1v) is 12.4. The largest absolute Gasteiger partial charge is 0.240 e. The molecule has 1 aromatic heterocycles. The van der Waals surface area contributed by atoms with Crippen LogP contribution in [0.3, 0.4) is 0 Å². The zero-order valence-electron chi connectivity index (χ0n) is 14.8. The molecular formula is C19H22IN3O2S. The summed E-state index contributed by atoms with van der Waals surface area (Å²) in [7, 11) is -3.51. The Bertz CT molecular complexity index is 958. The monoisotopic (exact) mass is 483 g/mol. The second kappa shape index (κ2) is 8.41. The lowest BCUT2D eigenvalue weighted by molar-refractivity contribution is 0.587. The van der Waals surface area contributed by atoms with E-state index in [0.29, 0.717) is 16.5 Å². The normalized spacial score (nSPS) is 14.3. The lowest BCUT2D eigenvalue weighted by Gasteiger charge is -2.09. The van der Waals surface area contributed by atoms with Crippen molar-refractivity contribution in [2.24, 2.45) is 5.92 Å². The zero-order chi connectivity index (χ0) is 18.6. The molecule has 0 saturated heterocycles. The molecule has 1 aliphatic rings. The van der Waals surface area contributed by atoms with Gasteiger partial charge in [-0.1, -0.05) is 52.8 Å². The number of halogens is 1. The fourth-order valence-corrected chi connectivity index (χ4v) is 5.56. The van der Waals surface area contributed by atoms with Crippen molar-refractivity contribution in [1.29, 1.82) is 0 Å². The molecule has 0 amide bonds. The SMILES string of the molecule is CC(C)Cc1cc(CNS(=O)(=O)C2=CC=IC=C2)nn1-c1ccccc1. The maximum absolute atomic E-state index is 12.4. The van der Waals surface area contributed by atoms with Crippen LogP contribution in [-0.4, -0.2) is 22.2 Å². The van der Waals surface area contributed by atoms with Gasteiger partial charge in [0.05, 0.1) is 22.8 Å². The van der Waals surface area contributed by atoms with Crippen LogP contribution in [0, 0.1) is 5.92 Å². The van der Waals surface area contributed by atoms with Crippen LogP contribution in [-0.2, 0) is 23.0 Å². The lowest BCUT2D eigenvalue weighted by atomic mass is 10.1. The summed E-state index contributed by atoms with van der Waals surface area (Å²) in [5, 5.41) is 4.63. The Hall–Kier alpha value is -1.58. The van der Waals surface area contributed by atoms with Gasteiger partial charge in [-0.25, -0.2) is 17.8 Å². The molecule has 1 aromatic carbocycles. The molecule has 1 N–H and O–H groups in total. The second-order valence-corrected chi connectivity index (χ2v) is 10.3. The minimum Gasteiger partial charge on any atom is -0.238 e. The number of para-hydroxylation sites is 1. The quantitative estimate of drug-likeness (QED) is 0.612. The van der Waals surface area contributed by atoms with E-state index < -0.39 is 10.0 Å². The van der Waals surface area contributed by atoms with Gasteiger partial charge < -0.3 is 0 Å². The van der Waals surface area contributed by atoms with Crippen LogP contribution in [0.25, 0.3) is 5.69 Å². The molecule has 0 radical (unpaired) electrons. The highest BCUT2D eigenvalue weighted by atomic mass is 127. The maximum Gasteiger partial charge on any atom is 0.240 e. The highest BCUT2D eigenvalue weighted by Gasteiger charge is 2.17. The molecule has 5 nitrogen and oxygen atoms in total. The van der Waals surface area contributed by atoms with Crippen LogP contribution in [0.4, 0.5) is 0 Å². The first kappa shape index (κ1) is 19.2. The molecule has 1 aliphatic heterocycles. The van der Waals surface area contributed by atoms with E-state index in [4.69, 9.17) is 0 Å². The van der Waals surface area contributed by atoms with E-state index in [-0.39, 0.29) is 27.3 Å². The van der Waals surface area contributed by atoms with Crippen molar-refractivity contribution in [3.05, 3.63) is 68.9 Å². The van der Waals surface area contributed by atoms with Crippen LogP contribution >= 0.6 is 20.7 Å². The van der Waals surface area contributed by atoms with Gasteiger partial charge in [-0.05, 0) is 50.8 Å². The Kier molecular flexibility index (Phi) is 6.20. The molecule has 26 heavy (non-hydrogen) atoms. The van der Waals surface area contributed by atoms with Gasteiger partial charge in [0.2, 0.25) is 10.0 Å². The maximum atomic E-state index is 12.4. The average Bonchev–Trinajstić information content (AvgIpc) is 3.04. The molecular weight excluding hydrogens is 461 g/mol. The molecule has 0 saturated carbocycles. The molecule has 0 spiro atoms. The van der Waals surface area contributed by atoms with Crippen LogP contribution in [0.1, 0.15) is 25.2 Å². The smallest absolute Gasteiger partial charge is 0.238 e. The van der Waals surface area contributed by atoms with E-state index in [2.05, 4.69) is 23.7 Å². The summed E-state index contributed by atoms with van der Waals surface area (Å²) in [5.74, 6) is 0.482. The Balaban J connectivity index is 1.82. The summed E-state index contributed by atoms with van der Waals surface area (Å²) in [6, 6.07) is 11.9. The topological polar surface area (TPSA) is 64.0 Å². The van der Waals surface area contributed by atoms with Crippen LogP contribution in [0.5, 0.6) is 0 Å². The third-order valence-electron chi connectivity index (χ3n) is 3.81. The molecule has 3 rings (SSSR count). The number of benzene rings is 1. The van der Waals surface area contributed by atoms with Gasteiger partial charge in [0.25, 0.3) is 0 Å². The Morgan fingerprint density at radius 1 is 1.23 bits per heavy atom. The number of aromatic nitrogens is 2. The third kappa shape index (κ3) is 4.77. The van der Waals surface area contributed by atoms with Gasteiger partial charge in [-0.15, -0.1) is 0 Å². The molecule has 0 atom stereocenters. The Morgan fingerprint density at radius 3 is 2.65 bits per heavy atom. The molecule has 2 heterocycles. The van der Waals surface area contributed by atoms with Crippen molar-refractivity contribution in [3.63, 3.8) is 0 Å². The van der Waals surface area contributed by atoms with Crippen LogP contribution < -0.4 is 4.72 Å². The number of hydrogen-bond acceptors (Lipinski definition) is 3. The van der Waals surface area contributed by atoms with E-state index in [1.54, 1.807) is 12.2 Å². The van der Waals surface area contributed by atoms with E-state index in [9.17, 15) is 8.42 Å². The number of rotatable bonds is 7. The predicted octanol–water partition coefficient (Wildman–Crippen LogP) is 3.67.